The molecule has 0 radical (unpaired) electrons. The number of hydrogen-bond donors (Lipinski definition) is 2. The van der Waals surface area contributed by atoms with E-state index in [1.165, 1.54) is 18.2 Å². The largest absolute Gasteiger partial charge is 0.490 e. The van der Waals surface area contributed by atoms with Crippen LogP contribution in [0.25, 0.3) is 0 Å². The third-order valence-corrected chi connectivity index (χ3v) is 6.11. The Bertz CT molecular complexity index is 775. The van der Waals surface area contributed by atoms with Crippen molar-refractivity contribution in [3.05, 3.63) is 41.7 Å². The number of sulfonamides is 1. The summed E-state index contributed by atoms with van der Waals surface area (Å²) in [5.74, 6) is 0.406. The first-order valence-corrected chi connectivity index (χ1v) is 11.6. The molecule has 1 aliphatic rings. The fraction of sp³-hybridized carbons (Fsp3) is 0.619. The molecule has 7 heteroatoms. The summed E-state index contributed by atoms with van der Waals surface area (Å²) in [5.41, 5.74) is -1.01. The minimum Gasteiger partial charge on any atom is -0.490 e. The second kappa shape index (κ2) is 9.85. The minimum atomic E-state index is -3.56. The molecule has 1 atom stereocenters. The van der Waals surface area contributed by atoms with Crippen molar-refractivity contribution >= 4 is 10.0 Å². The monoisotopic (exact) mass is 413 g/mol. The molecular weight excluding hydrogens is 381 g/mol. The fourth-order valence-electron chi connectivity index (χ4n) is 2.68. The number of benzene rings is 1. The molecule has 0 spiro atoms. The summed E-state index contributed by atoms with van der Waals surface area (Å²) in [6.07, 6.45) is 6.73. The fourth-order valence-corrected chi connectivity index (χ4v) is 3.64. The molecule has 0 bridgehead atoms. The van der Waals surface area contributed by atoms with Gasteiger partial charge in [0, 0.05) is 6.54 Å². The van der Waals surface area contributed by atoms with Crippen LogP contribution in [0.3, 0.4) is 0 Å². The molecule has 0 unspecified atom stereocenters. The van der Waals surface area contributed by atoms with Crippen LogP contribution in [0.5, 0.6) is 5.75 Å². The molecule has 0 saturated heterocycles. The van der Waals surface area contributed by atoms with Crippen molar-refractivity contribution in [3.63, 3.8) is 0 Å². The van der Waals surface area contributed by atoms with E-state index in [-0.39, 0.29) is 24.5 Å². The van der Waals surface area contributed by atoms with Crippen molar-refractivity contribution in [2.45, 2.75) is 52.1 Å². The molecule has 5 nitrogen and oxygen atoms in total. The average molecular weight is 414 g/mol. The van der Waals surface area contributed by atoms with Crippen molar-refractivity contribution in [1.82, 2.24) is 4.72 Å². The maximum absolute atomic E-state index is 14.0. The number of aliphatic hydroxyl groups is 1. The van der Waals surface area contributed by atoms with Crippen LogP contribution >= 0.6 is 0 Å². The summed E-state index contributed by atoms with van der Waals surface area (Å²) in [4.78, 5) is 0. The van der Waals surface area contributed by atoms with Gasteiger partial charge in [0.2, 0.25) is 10.0 Å². The van der Waals surface area contributed by atoms with E-state index in [9.17, 15) is 17.9 Å². The Morgan fingerprint density at radius 2 is 2.07 bits per heavy atom. The van der Waals surface area contributed by atoms with E-state index in [0.717, 1.165) is 19.3 Å². The molecule has 1 aromatic carbocycles. The van der Waals surface area contributed by atoms with E-state index in [2.05, 4.69) is 18.6 Å². The average Bonchev–Trinajstić information content (AvgIpc) is 3.47. The normalized spacial score (nSPS) is 17.2. The highest BCUT2D eigenvalue weighted by Crippen LogP contribution is 2.32. The van der Waals surface area contributed by atoms with Gasteiger partial charge in [0.1, 0.15) is 5.60 Å². The first kappa shape index (κ1) is 22.8. The summed E-state index contributed by atoms with van der Waals surface area (Å²) in [6.45, 7) is 6.15. The summed E-state index contributed by atoms with van der Waals surface area (Å²) in [7, 11) is -3.56. The SMILES string of the molecule is CC[C@@](O)(CNS(=O)(=O)C/C=C/CC(C)C)c1ccc(F)c(OCC2CC2)c1. The molecule has 1 fully saturated rings. The summed E-state index contributed by atoms with van der Waals surface area (Å²) in [5, 5.41) is 11.0. The molecule has 0 aliphatic heterocycles. The van der Waals surface area contributed by atoms with Gasteiger partial charge in [-0.05, 0) is 55.2 Å². The lowest BCUT2D eigenvalue weighted by Crippen LogP contribution is -2.41. The van der Waals surface area contributed by atoms with Crippen molar-refractivity contribution in [3.8, 4) is 5.75 Å². The number of nitrogens with one attached hydrogen (secondary N) is 1. The zero-order valence-electron chi connectivity index (χ0n) is 16.9. The van der Waals surface area contributed by atoms with Crippen LogP contribution in [0.15, 0.2) is 30.4 Å². The standard InChI is InChI=1S/C21H32FNO4S/c1-4-21(24,15-23-28(25,26)12-6-5-7-16(2)3)18-10-11-19(22)20(13-18)27-14-17-8-9-17/h5-6,10-11,13,16-17,23-24H,4,7-9,12,14-15H2,1-3H3/b6-5+/t21-/m1/s1. The van der Waals surface area contributed by atoms with Gasteiger partial charge in [0.05, 0.1) is 12.4 Å². The Morgan fingerprint density at radius 3 is 2.68 bits per heavy atom. The Balaban J connectivity index is 2.02. The Kier molecular flexibility index (Phi) is 8.04. The van der Waals surface area contributed by atoms with Crippen molar-refractivity contribution < 1.29 is 22.7 Å². The van der Waals surface area contributed by atoms with Gasteiger partial charge >= 0.3 is 0 Å². The van der Waals surface area contributed by atoms with Crippen molar-refractivity contribution in [2.24, 2.45) is 11.8 Å². The Morgan fingerprint density at radius 1 is 1.36 bits per heavy atom. The summed E-state index contributed by atoms with van der Waals surface area (Å²) < 4.78 is 46.4. The lowest BCUT2D eigenvalue weighted by Gasteiger charge is -2.28. The van der Waals surface area contributed by atoms with Gasteiger partial charge in [-0.25, -0.2) is 17.5 Å². The minimum absolute atomic E-state index is 0.0933. The maximum Gasteiger partial charge on any atom is 0.215 e. The number of allylic oxidation sites excluding steroid dienone is 1. The predicted octanol–water partition coefficient (Wildman–Crippen LogP) is 3.73. The molecule has 158 valence electrons. The van der Waals surface area contributed by atoms with Gasteiger partial charge in [-0.15, -0.1) is 0 Å². The van der Waals surface area contributed by atoms with Crippen LogP contribution in [0.1, 0.15) is 52.0 Å². The zero-order valence-corrected chi connectivity index (χ0v) is 17.8. The molecule has 1 saturated carbocycles. The summed E-state index contributed by atoms with van der Waals surface area (Å²) in [6, 6.07) is 4.19. The van der Waals surface area contributed by atoms with Gasteiger partial charge in [-0.3, -0.25) is 0 Å². The Labute approximate surface area is 168 Å². The lowest BCUT2D eigenvalue weighted by molar-refractivity contribution is 0.0376. The number of rotatable bonds is 12. The van der Waals surface area contributed by atoms with Crippen LogP contribution in [0.4, 0.5) is 4.39 Å². The molecule has 1 aromatic rings. The predicted molar refractivity (Wildman–Crippen MR) is 109 cm³/mol. The highest BCUT2D eigenvalue weighted by Gasteiger charge is 2.30. The number of halogens is 1. The third-order valence-electron chi connectivity index (χ3n) is 4.90. The molecule has 0 heterocycles. The molecule has 2 N–H and O–H groups in total. The van der Waals surface area contributed by atoms with E-state index in [1.807, 2.05) is 6.08 Å². The van der Waals surface area contributed by atoms with E-state index >= 15 is 0 Å². The van der Waals surface area contributed by atoms with Gasteiger partial charge in [-0.1, -0.05) is 39.0 Å². The van der Waals surface area contributed by atoms with E-state index in [0.29, 0.717) is 24.0 Å². The highest BCUT2D eigenvalue weighted by atomic mass is 32.2. The third kappa shape index (κ3) is 7.18. The number of hydrogen-bond acceptors (Lipinski definition) is 4. The van der Waals surface area contributed by atoms with E-state index in [4.69, 9.17) is 4.74 Å². The van der Waals surface area contributed by atoms with Gasteiger partial charge in [0.15, 0.2) is 11.6 Å². The molecule has 0 amide bonds. The summed E-state index contributed by atoms with van der Waals surface area (Å²) >= 11 is 0. The van der Waals surface area contributed by atoms with Gasteiger partial charge in [0.25, 0.3) is 0 Å². The first-order valence-electron chi connectivity index (χ1n) is 9.92. The van der Waals surface area contributed by atoms with Crippen LogP contribution < -0.4 is 9.46 Å². The van der Waals surface area contributed by atoms with E-state index in [1.54, 1.807) is 13.0 Å². The smallest absolute Gasteiger partial charge is 0.215 e. The van der Waals surface area contributed by atoms with E-state index < -0.39 is 21.4 Å². The second-order valence-corrected chi connectivity index (χ2v) is 9.84. The van der Waals surface area contributed by atoms with Gasteiger partial charge < -0.3 is 9.84 Å². The van der Waals surface area contributed by atoms with Crippen LogP contribution in [0, 0.1) is 17.7 Å². The topological polar surface area (TPSA) is 75.6 Å². The second-order valence-electron chi connectivity index (χ2n) is 7.99. The molecule has 28 heavy (non-hydrogen) atoms. The zero-order chi connectivity index (χ0) is 20.8. The molecular formula is C21H32FNO4S. The molecule has 0 aromatic heterocycles. The van der Waals surface area contributed by atoms with Crippen molar-refractivity contribution in [2.75, 3.05) is 18.9 Å². The molecule has 2 rings (SSSR count). The molecule has 1 aliphatic carbocycles. The highest BCUT2D eigenvalue weighted by molar-refractivity contribution is 7.89. The van der Waals surface area contributed by atoms with Crippen LogP contribution in [0.2, 0.25) is 0 Å². The van der Waals surface area contributed by atoms with Gasteiger partial charge in [-0.2, -0.15) is 0 Å². The first-order chi connectivity index (χ1) is 13.1. The number of ether oxygens (including phenoxy) is 1. The van der Waals surface area contributed by atoms with Crippen molar-refractivity contribution in [1.29, 1.82) is 0 Å². The lowest BCUT2D eigenvalue weighted by atomic mass is 9.91. The Hall–Kier alpha value is -1.44. The maximum atomic E-state index is 14.0. The van der Waals surface area contributed by atoms with Crippen LogP contribution in [-0.2, 0) is 15.6 Å². The quantitative estimate of drug-likeness (QED) is 0.512. The van der Waals surface area contributed by atoms with Crippen LogP contribution in [-0.4, -0.2) is 32.4 Å².